The van der Waals surface area contributed by atoms with Gasteiger partial charge in [-0.2, -0.15) is 0 Å². The van der Waals surface area contributed by atoms with Gasteiger partial charge in [-0.05, 0) is 73.7 Å². The van der Waals surface area contributed by atoms with Crippen molar-refractivity contribution in [3.63, 3.8) is 0 Å². The standard InChI is InChI=1S/C27H24N4O2S/c1-18-11-13-20(14-12-18)31-25(24(29-27(31)34)22-9-3-4-15-28-22)23-10-6-16-30(23)21-8-5-7-19(17-21)26(32)33-2/h3-17,24-25H,1-2H3,(H,29,34)/t24-,25-/m1/s1. The molecule has 0 saturated carbocycles. The summed E-state index contributed by atoms with van der Waals surface area (Å²) in [5.74, 6) is -0.369. The third kappa shape index (κ3) is 3.95. The molecule has 5 rings (SSSR count). The van der Waals surface area contributed by atoms with E-state index >= 15 is 0 Å². The fourth-order valence-corrected chi connectivity index (χ4v) is 4.76. The minimum Gasteiger partial charge on any atom is -0.465 e. The Kier molecular flexibility index (Phi) is 5.86. The van der Waals surface area contributed by atoms with E-state index in [4.69, 9.17) is 17.0 Å². The molecule has 2 aromatic heterocycles. The number of benzene rings is 2. The molecule has 1 aliphatic heterocycles. The summed E-state index contributed by atoms with van der Waals surface area (Å²) in [5, 5.41) is 4.14. The van der Waals surface area contributed by atoms with Crippen molar-refractivity contribution in [3.05, 3.63) is 114 Å². The van der Waals surface area contributed by atoms with Crippen LogP contribution in [0.3, 0.4) is 0 Å². The van der Waals surface area contributed by atoms with Gasteiger partial charge in [-0.25, -0.2) is 4.79 Å². The molecule has 0 spiro atoms. The van der Waals surface area contributed by atoms with Crippen LogP contribution < -0.4 is 10.2 Å². The van der Waals surface area contributed by atoms with E-state index in [0.29, 0.717) is 10.7 Å². The van der Waals surface area contributed by atoms with Crippen LogP contribution in [0.2, 0.25) is 0 Å². The van der Waals surface area contributed by atoms with E-state index in [-0.39, 0.29) is 18.1 Å². The second kappa shape index (κ2) is 9.11. The highest BCUT2D eigenvalue weighted by atomic mass is 32.1. The number of pyridine rings is 1. The molecule has 0 aliphatic carbocycles. The Morgan fingerprint density at radius 3 is 2.56 bits per heavy atom. The first-order valence-electron chi connectivity index (χ1n) is 11.0. The van der Waals surface area contributed by atoms with E-state index in [0.717, 1.165) is 22.8 Å². The van der Waals surface area contributed by atoms with Crippen LogP contribution in [0, 0.1) is 6.92 Å². The van der Waals surface area contributed by atoms with Crippen molar-refractivity contribution < 1.29 is 9.53 Å². The van der Waals surface area contributed by atoms with Gasteiger partial charge >= 0.3 is 5.97 Å². The van der Waals surface area contributed by atoms with Crippen molar-refractivity contribution in [1.82, 2.24) is 14.9 Å². The maximum Gasteiger partial charge on any atom is 0.337 e. The van der Waals surface area contributed by atoms with Crippen LogP contribution in [0.1, 0.15) is 39.4 Å². The molecule has 7 heteroatoms. The number of aryl methyl sites for hydroxylation is 1. The predicted molar refractivity (Wildman–Crippen MR) is 136 cm³/mol. The van der Waals surface area contributed by atoms with Gasteiger partial charge in [-0.3, -0.25) is 4.98 Å². The number of anilines is 1. The van der Waals surface area contributed by atoms with Gasteiger partial charge in [0.2, 0.25) is 0 Å². The van der Waals surface area contributed by atoms with E-state index in [1.54, 1.807) is 12.3 Å². The molecule has 0 radical (unpaired) electrons. The molecular weight excluding hydrogens is 444 g/mol. The zero-order chi connectivity index (χ0) is 23.7. The van der Waals surface area contributed by atoms with Crippen LogP contribution in [-0.2, 0) is 4.74 Å². The van der Waals surface area contributed by atoms with Gasteiger partial charge in [0.1, 0.15) is 6.04 Å². The second-order valence-electron chi connectivity index (χ2n) is 8.18. The number of carbonyl (C=O) groups is 1. The van der Waals surface area contributed by atoms with Crippen LogP contribution in [0.15, 0.2) is 91.3 Å². The molecule has 2 aromatic carbocycles. The van der Waals surface area contributed by atoms with Crippen molar-refractivity contribution in [2.75, 3.05) is 12.0 Å². The topological polar surface area (TPSA) is 59.4 Å². The van der Waals surface area contributed by atoms with Gasteiger partial charge in [0, 0.05) is 29.5 Å². The lowest BCUT2D eigenvalue weighted by Gasteiger charge is -2.29. The number of hydrogen-bond acceptors (Lipinski definition) is 4. The number of hydrogen-bond donors (Lipinski definition) is 1. The number of rotatable bonds is 5. The summed E-state index contributed by atoms with van der Waals surface area (Å²) in [4.78, 5) is 18.9. The molecule has 1 aliphatic rings. The van der Waals surface area contributed by atoms with Crippen molar-refractivity contribution in [2.24, 2.45) is 0 Å². The number of ether oxygens (including phenoxy) is 1. The van der Waals surface area contributed by atoms with Gasteiger partial charge in [0.25, 0.3) is 0 Å². The molecular formula is C27H24N4O2S. The van der Waals surface area contributed by atoms with Crippen LogP contribution >= 0.6 is 12.2 Å². The zero-order valence-electron chi connectivity index (χ0n) is 18.9. The quantitative estimate of drug-likeness (QED) is 0.323. The van der Waals surface area contributed by atoms with Crippen molar-refractivity contribution in [3.8, 4) is 5.69 Å². The highest BCUT2D eigenvalue weighted by Gasteiger charge is 2.42. The molecule has 1 N–H and O–H groups in total. The Balaban J connectivity index is 1.65. The number of carbonyl (C=O) groups excluding carboxylic acids is 1. The Labute approximate surface area is 203 Å². The number of esters is 1. The first-order valence-corrected chi connectivity index (χ1v) is 11.4. The van der Waals surface area contributed by atoms with E-state index in [9.17, 15) is 4.79 Å². The molecule has 4 aromatic rings. The maximum atomic E-state index is 12.1. The monoisotopic (exact) mass is 468 g/mol. The van der Waals surface area contributed by atoms with E-state index in [2.05, 4.69) is 57.0 Å². The Morgan fingerprint density at radius 1 is 1.00 bits per heavy atom. The van der Waals surface area contributed by atoms with Crippen LogP contribution in [-0.4, -0.2) is 27.7 Å². The predicted octanol–water partition coefficient (Wildman–Crippen LogP) is 5.14. The minimum absolute atomic E-state index is 0.160. The molecule has 2 atom stereocenters. The lowest BCUT2D eigenvalue weighted by atomic mass is 10.0. The minimum atomic E-state index is -0.369. The fourth-order valence-electron chi connectivity index (χ4n) is 4.41. The van der Waals surface area contributed by atoms with E-state index in [1.165, 1.54) is 12.7 Å². The van der Waals surface area contributed by atoms with E-state index in [1.807, 2.05) is 48.7 Å². The molecule has 0 unspecified atom stereocenters. The summed E-state index contributed by atoms with van der Waals surface area (Å²) in [6, 6.07) is 25.4. The molecule has 3 heterocycles. The van der Waals surface area contributed by atoms with E-state index < -0.39 is 0 Å². The SMILES string of the molecule is COC(=O)c1cccc(-n2cccc2[C@@H]2[C@@H](c3ccccn3)NC(=S)N2c2ccc(C)cc2)c1. The smallest absolute Gasteiger partial charge is 0.337 e. The van der Waals surface area contributed by atoms with Crippen LogP contribution in [0.5, 0.6) is 0 Å². The Hall–Kier alpha value is -3.97. The maximum absolute atomic E-state index is 12.1. The summed E-state index contributed by atoms with van der Waals surface area (Å²) in [6.45, 7) is 2.07. The van der Waals surface area contributed by atoms with Crippen molar-refractivity contribution >= 4 is 29.0 Å². The largest absolute Gasteiger partial charge is 0.465 e. The average Bonchev–Trinajstić information content (AvgIpc) is 3.49. The second-order valence-corrected chi connectivity index (χ2v) is 8.56. The van der Waals surface area contributed by atoms with Gasteiger partial charge < -0.3 is 19.5 Å². The van der Waals surface area contributed by atoms with Crippen LogP contribution in [0.4, 0.5) is 5.69 Å². The zero-order valence-corrected chi connectivity index (χ0v) is 19.7. The van der Waals surface area contributed by atoms with Gasteiger partial charge in [0.05, 0.1) is 24.4 Å². The average molecular weight is 469 g/mol. The summed E-state index contributed by atoms with van der Waals surface area (Å²) >= 11 is 5.83. The lowest BCUT2D eigenvalue weighted by molar-refractivity contribution is 0.0600. The summed E-state index contributed by atoms with van der Waals surface area (Å²) in [6.07, 6.45) is 3.79. The molecule has 6 nitrogen and oxygen atoms in total. The fraction of sp³-hybridized carbons (Fsp3) is 0.148. The third-order valence-corrected chi connectivity index (χ3v) is 6.35. The number of methoxy groups -OCH3 is 1. The molecule has 1 saturated heterocycles. The van der Waals surface area contributed by atoms with Crippen LogP contribution in [0.25, 0.3) is 5.69 Å². The molecule has 0 amide bonds. The molecule has 1 fully saturated rings. The normalized spacial score (nSPS) is 17.5. The van der Waals surface area contributed by atoms with Gasteiger partial charge in [-0.1, -0.05) is 29.8 Å². The summed E-state index contributed by atoms with van der Waals surface area (Å²) < 4.78 is 7.01. The third-order valence-electron chi connectivity index (χ3n) is 6.04. The Morgan fingerprint density at radius 2 is 1.82 bits per heavy atom. The number of aromatic nitrogens is 2. The summed E-state index contributed by atoms with van der Waals surface area (Å²) in [5.41, 5.74) is 5.47. The van der Waals surface area contributed by atoms with Crippen molar-refractivity contribution in [1.29, 1.82) is 0 Å². The number of nitrogens with one attached hydrogen (secondary N) is 1. The molecule has 170 valence electrons. The highest BCUT2D eigenvalue weighted by molar-refractivity contribution is 7.80. The summed E-state index contributed by atoms with van der Waals surface area (Å²) in [7, 11) is 1.39. The first-order chi connectivity index (χ1) is 16.6. The Bertz CT molecular complexity index is 1330. The number of thiocarbonyl (C=S) groups is 1. The lowest BCUT2D eigenvalue weighted by Crippen LogP contribution is -2.30. The number of nitrogens with zero attached hydrogens (tertiary/aromatic N) is 3. The van der Waals surface area contributed by atoms with Gasteiger partial charge in [-0.15, -0.1) is 0 Å². The van der Waals surface area contributed by atoms with Crippen molar-refractivity contribution in [2.45, 2.75) is 19.0 Å². The first kappa shape index (κ1) is 21.9. The molecule has 34 heavy (non-hydrogen) atoms. The van der Waals surface area contributed by atoms with Gasteiger partial charge in [0.15, 0.2) is 5.11 Å². The highest BCUT2D eigenvalue weighted by Crippen LogP contribution is 2.42. The molecule has 0 bridgehead atoms.